The van der Waals surface area contributed by atoms with E-state index >= 15 is 0 Å². The van der Waals surface area contributed by atoms with Crippen LogP contribution < -0.4 is 5.32 Å². The van der Waals surface area contributed by atoms with Gasteiger partial charge in [-0.3, -0.25) is 0 Å². The summed E-state index contributed by atoms with van der Waals surface area (Å²) in [4.78, 5) is 0. The van der Waals surface area contributed by atoms with E-state index < -0.39 is 31.0 Å². The van der Waals surface area contributed by atoms with Crippen LogP contribution in [-0.4, -0.2) is 82.0 Å². The molecule has 2 unspecified atom stereocenters. The first-order valence-electron chi connectivity index (χ1n) is 12.5. The van der Waals surface area contributed by atoms with Gasteiger partial charge in [0.2, 0.25) is 0 Å². The maximum Gasteiger partial charge on any atom is 0.279 e. The van der Waals surface area contributed by atoms with E-state index in [4.69, 9.17) is 28.4 Å². The van der Waals surface area contributed by atoms with Crippen molar-refractivity contribution >= 4 is 19.0 Å². The first kappa shape index (κ1) is 31.2. The number of hydrogen-bond acceptors (Lipinski definition) is 7. The SMILES string of the molecule is CCOC(C[SiH2]C(CC)NC(CC)[SiH2]CC(OCC)(OCC)OCC)(OCC)OCC. The van der Waals surface area contributed by atoms with Gasteiger partial charge in [0.25, 0.3) is 11.9 Å². The number of nitrogens with one attached hydrogen (secondary N) is 1. The highest BCUT2D eigenvalue weighted by molar-refractivity contribution is 6.40. The Morgan fingerprint density at radius 2 is 0.774 bits per heavy atom. The van der Waals surface area contributed by atoms with Crippen molar-refractivity contribution in [3.63, 3.8) is 0 Å². The predicted octanol–water partition coefficient (Wildman–Crippen LogP) is 2.75. The minimum Gasteiger partial charge on any atom is -0.328 e. The molecule has 0 aromatic rings. The molecule has 0 aliphatic rings. The minimum absolute atomic E-state index is 0.513. The summed E-state index contributed by atoms with van der Waals surface area (Å²) in [6.45, 7) is 19.9. The van der Waals surface area contributed by atoms with Crippen molar-refractivity contribution in [3.8, 4) is 0 Å². The molecule has 0 saturated carbocycles. The fraction of sp³-hybridized carbons (Fsp3) is 1.00. The van der Waals surface area contributed by atoms with Crippen LogP contribution in [-0.2, 0) is 28.4 Å². The van der Waals surface area contributed by atoms with Crippen molar-refractivity contribution in [2.45, 2.75) is 104 Å². The zero-order chi connectivity index (χ0) is 23.6. The van der Waals surface area contributed by atoms with Crippen LogP contribution in [0.5, 0.6) is 0 Å². The van der Waals surface area contributed by atoms with E-state index in [1.54, 1.807) is 0 Å². The lowest BCUT2D eigenvalue weighted by Crippen LogP contribution is -2.50. The van der Waals surface area contributed by atoms with E-state index in [1.807, 2.05) is 41.5 Å². The summed E-state index contributed by atoms with van der Waals surface area (Å²) in [6, 6.07) is 1.68. The molecule has 188 valence electrons. The normalized spacial score (nSPS) is 15.5. The van der Waals surface area contributed by atoms with Crippen LogP contribution in [0.2, 0.25) is 12.1 Å². The maximum atomic E-state index is 5.93. The number of ether oxygens (including phenoxy) is 6. The van der Waals surface area contributed by atoms with Crippen LogP contribution >= 0.6 is 0 Å². The molecule has 31 heavy (non-hydrogen) atoms. The number of rotatable bonds is 22. The third-order valence-electron chi connectivity index (χ3n) is 5.24. The van der Waals surface area contributed by atoms with Crippen molar-refractivity contribution in [2.75, 3.05) is 39.6 Å². The summed E-state index contributed by atoms with van der Waals surface area (Å²) in [6.07, 6.45) is 2.20. The molecule has 0 aromatic heterocycles. The second-order valence-electron chi connectivity index (χ2n) is 7.42. The van der Waals surface area contributed by atoms with Crippen LogP contribution in [0.15, 0.2) is 0 Å². The van der Waals surface area contributed by atoms with Gasteiger partial charge in [-0.2, -0.15) is 0 Å². The molecular formula is C22H51NO6Si2. The molecule has 0 fully saturated rings. The standard InChI is InChI=1S/C22H51NO6Si2/c1-9-19(30-17-21(24-11-3,25-12-4)26-13-5)23-20(10-2)31-18-22(27-14-6,28-15-7)29-16-8/h19-20,23H,9-18,30-31H2,1-8H3. The van der Waals surface area contributed by atoms with Gasteiger partial charge in [-0.05, 0) is 65.7 Å². The summed E-state index contributed by atoms with van der Waals surface area (Å²) in [5.41, 5.74) is 1.03. The average molecular weight is 482 g/mol. The molecule has 2 atom stereocenters. The lowest BCUT2D eigenvalue weighted by atomic mass is 10.4. The van der Waals surface area contributed by atoms with Crippen LogP contribution in [0.3, 0.4) is 0 Å². The molecule has 0 heterocycles. The highest BCUT2D eigenvalue weighted by Gasteiger charge is 2.35. The Kier molecular flexibility index (Phi) is 18.7. The molecule has 0 saturated heterocycles. The van der Waals surface area contributed by atoms with Crippen LogP contribution in [0.25, 0.3) is 0 Å². The summed E-state index contributed by atoms with van der Waals surface area (Å²) < 4.78 is 35.6. The van der Waals surface area contributed by atoms with Gasteiger partial charge < -0.3 is 33.7 Å². The van der Waals surface area contributed by atoms with E-state index in [2.05, 4.69) is 19.2 Å². The summed E-state index contributed by atoms with van der Waals surface area (Å²) in [7, 11) is -1.06. The quantitative estimate of drug-likeness (QED) is 0.188. The van der Waals surface area contributed by atoms with E-state index in [9.17, 15) is 0 Å². The topological polar surface area (TPSA) is 67.4 Å². The predicted molar refractivity (Wildman–Crippen MR) is 133 cm³/mol. The molecular weight excluding hydrogens is 430 g/mol. The Bertz CT molecular complexity index is 349. The number of hydrogen-bond donors (Lipinski definition) is 1. The average Bonchev–Trinajstić information content (AvgIpc) is 2.74. The third kappa shape index (κ3) is 12.3. The molecule has 9 heteroatoms. The Morgan fingerprint density at radius 3 is 0.968 bits per heavy atom. The van der Waals surface area contributed by atoms with Crippen LogP contribution in [0.1, 0.15) is 68.2 Å². The second kappa shape index (κ2) is 18.6. The van der Waals surface area contributed by atoms with Crippen molar-refractivity contribution in [3.05, 3.63) is 0 Å². The summed E-state index contributed by atoms with van der Waals surface area (Å²) in [5.74, 6) is -1.76. The van der Waals surface area contributed by atoms with Gasteiger partial charge in [0.1, 0.15) is 0 Å². The Labute approximate surface area is 196 Å². The lowest BCUT2D eigenvalue weighted by Gasteiger charge is -2.35. The second-order valence-corrected chi connectivity index (χ2v) is 11.5. The van der Waals surface area contributed by atoms with Gasteiger partial charge in [0, 0.05) is 51.7 Å². The van der Waals surface area contributed by atoms with E-state index in [-0.39, 0.29) is 0 Å². The van der Waals surface area contributed by atoms with Crippen molar-refractivity contribution < 1.29 is 28.4 Å². The zero-order valence-electron chi connectivity index (χ0n) is 21.6. The molecule has 1 N–H and O–H groups in total. The molecule has 7 nitrogen and oxygen atoms in total. The van der Waals surface area contributed by atoms with Gasteiger partial charge in [-0.1, -0.05) is 13.8 Å². The first-order valence-corrected chi connectivity index (χ1v) is 16.2. The largest absolute Gasteiger partial charge is 0.328 e. The fourth-order valence-corrected chi connectivity index (χ4v) is 8.27. The van der Waals surface area contributed by atoms with Gasteiger partial charge in [-0.15, -0.1) is 0 Å². The molecule has 0 bridgehead atoms. The minimum atomic E-state index is -0.882. The van der Waals surface area contributed by atoms with Crippen molar-refractivity contribution in [1.29, 1.82) is 0 Å². The van der Waals surface area contributed by atoms with Crippen LogP contribution in [0, 0.1) is 0 Å². The van der Waals surface area contributed by atoms with Gasteiger partial charge in [0.05, 0.1) is 19.0 Å². The molecule has 0 aliphatic heterocycles. The Balaban J connectivity index is 5.02. The smallest absolute Gasteiger partial charge is 0.279 e. The van der Waals surface area contributed by atoms with Crippen molar-refractivity contribution in [1.82, 2.24) is 5.32 Å². The third-order valence-corrected chi connectivity index (χ3v) is 10.1. The summed E-state index contributed by atoms with van der Waals surface area (Å²) in [5, 5.41) is 3.94. The molecule has 0 spiro atoms. The Morgan fingerprint density at radius 1 is 0.516 bits per heavy atom. The highest BCUT2D eigenvalue weighted by atomic mass is 28.2. The van der Waals surface area contributed by atoms with Crippen molar-refractivity contribution in [2.24, 2.45) is 0 Å². The van der Waals surface area contributed by atoms with Gasteiger partial charge >= 0.3 is 0 Å². The maximum absolute atomic E-state index is 5.93. The van der Waals surface area contributed by atoms with E-state index in [0.29, 0.717) is 51.0 Å². The zero-order valence-corrected chi connectivity index (χ0v) is 24.4. The first-order chi connectivity index (χ1) is 14.9. The molecule has 0 rings (SSSR count). The molecule has 0 amide bonds. The van der Waals surface area contributed by atoms with Gasteiger partial charge in [0.15, 0.2) is 0 Å². The van der Waals surface area contributed by atoms with Gasteiger partial charge in [-0.25, -0.2) is 0 Å². The molecule has 0 aliphatic carbocycles. The summed E-state index contributed by atoms with van der Waals surface area (Å²) >= 11 is 0. The lowest BCUT2D eigenvalue weighted by molar-refractivity contribution is -0.365. The monoisotopic (exact) mass is 481 g/mol. The van der Waals surface area contributed by atoms with E-state index in [1.165, 1.54) is 0 Å². The highest BCUT2D eigenvalue weighted by Crippen LogP contribution is 2.23. The molecule has 0 aromatic carbocycles. The molecule has 0 radical (unpaired) electrons. The van der Waals surface area contributed by atoms with Crippen LogP contribution in [0.4, 0.5) is 0 Å². The Hall–Kier alpha value is 0.154. The van der Waals surface area contributed by atoms with E-state index in [0.717, 1.165) is 24.9 Å². The fourth-order valence-electron chi connectivity index (χ4n) is 3.85.